The molecule has 0 bridgehead atoms. The average Bonchev–Trinajstić information content (AvgIpc) is 3.19. The van der Waals surface area contributed by atoms with Gasteiger partial charge in [0.2, 0.25) is 11.7 Å². The molecule has 0 spiro atoms. The number of ketones is 1. The van der Waals surface area contributed by atoms with Gasteiger partial charge in [-0.05, 0) is 30.3 Å². The number of hydrogen-bond donors (Lipinski definition) is 0. The van der Waals surface area contributed by atoms with Gasteiger partial charge >= 0.3 is 5.97 Å². The number of nitrogens with zero attached hydrogens (tertiary/aromatic N) is 2. The van der Waals surface area contributed by atoms with E-state index in [0.717, 1.165) is 0 Å². The van der Waals surface area contributed by atoms with Crippen LogP contribution in [0.4, 0.5) is 11.4 Å². The smallest absolute Gasteiger partial charge is 0.312 e. The lowest BCUT2D eigenvalue weighted by Crippen LogP contribution is -2.32. The van der Waals surface area contributed by atoms with Crippen molar-refractivity contribution in [2.24, 2.45) is 5.92 Å². The van der Waals surface area contributed by atoms with E-state index in [2.05, 4.69) is 0 Å². The highest BCUT2D eigenvalue weighted by molar-refractivity contribution is 6.30. The van der Waals surface area contributed by atoms with Crippen LogP contribution in [0.15, 0.2) is 42.5 Å². The van der Waals surface area contributed by atoms with E-state index in [1.54, 1.807) is 12.1 Å². The highest BCUT2D eigenvalue weighted by atomic mass is 35.5. The minimum absolute atomic E-state index is 0.0193. The van der Waals surface area contributed by atoms with Crippen molar-refractivity contribution in [2.45, 2.75) is 18.9 Å². The molecule has 2 aromatic carbocycles. The highest BCUT2D eigenvalue weighted by Crippen LogP contribution is 2.36. The molecule has 0 saturated carbocycles. The van der Waals surface area contributed by atoms with Crippen molar-refractivity contribution in [3.8, 4) is 5.75 Å². The van der Waals surface area contributed by atoms with E-state index in [1.165, 1.54) is 42.3 Å². The Morgan fingerprint density at radius 3 is 2.55 bits per heavy atom. The molecule has 1 saturated heterocycles. The first-order chi connectivity index (χ1) is 15.7. The van der Waals surface area contributed by atoms with Crippen LogP contribution in [0.1, 0.15) is 23.2 Å². The van der Waals surface area contributed by atoms with Crippen LogP contribution >= 0.6 is 23.2 Å². The van der Waals surface area contributed by atoms with E-state index < -0.39 is 28.7 Å². The molecular weight excluding hydrogens is 475 g/mol. The number of esters is 1. The Bertz CT molecular complexity index is 1070. The number of rotatable bonds is 9. The summed E-state index contributed by atoms with van der Waals surface area (Å²) in [7, 11) is 1.33. The van der Waals surface area contributed by atoms with Gasteiger partial charge in [-0.15, -0.1) is 11.6 Å². The number of methoxy groups -OCH3 is 1. The van der Waals surface area contributed by atoms with Crippen LogP contribution in [0.3, 0.4) is 0 Å². The van der Waals surface area contributed by atoms with Gasteiger partial charge in [-0.1, -0.05) is 11.6 Å². The number of amides is 1. The summed E-state index contributed by atoms with van der Waals surface area (Å²) < 4.78 is 10.7. The molecule has 33 heavy (non-hydrogen) atoms. The Hall–Kier alpha value is -3.17. The second-order valence-corrected chi connectivity index (χ2v) is 8.11. The standard InChI is InChI=1S/C22H20Cl2N2O7/c1-32-19-11-16(26(30)31)6-7-17(19)25-12-14(10-20(25)27)22(29)33-18(8-9-23)21(28)13-2-4-15(24)5-3-13/h2-7,11,14,18H,8-10,12H2,1H3/t14-,18-/m0/s1. The van der Waals surface area contributed by atoms with Crippen LogP contribution in [-0.2, 0) is 14.3 Å². The lowest BCUT2D eigenvalue weighted by atomic mass is 10.0. The van der Waals surface area contributed by atoms with Crippen LogP contribution in [0.2, 0.25) is 5.02 Å². The van der Waals surface area contributed by atoms with Crippen molar-refractivity contribution in [1.82, 2.24) is 0 Å². The summed E-state index contributed by atoms with van der Waals surface area (Å²) in [4.78, 5) is 49.9. The van der Waals surface area contributed by atoms with E-state index in [0.29, 0.717) is 16.3 Å². The van der Waals surface area contributed by atoms with Gasteiger partial charge in [-0.3, -0.25) is 24.5 Å². The number of carbonyl (C=O) groups excluding carboxylic acids is 3. The molecule has 0 aliphatic carbocycles. The van der Waals surface area contributed by atoms with E-state index in [4.69, 9.17) is 32.7 Å². The molecule has 0 radical (unpaired) electrons. The van der Waals surface area contributed by atoms with Crippen LogP contribution in [0.25, 0.3) is 0 Å². The molecule has 9 nitrogen and oxygen atoms in total. The number of halogens is 2. The molecule has 0 unspecified atom stereocenters. The summed E-state index contributed by atoms with van der Waals surface area (Å²) in [5, 5.41) is 11.5. The molecule has 0 N–H and O–H groups in total. The number of anilines is 1. The Morgan fingerprint density at radius 1 is 1.24 bits per heavy atom. The maximum absolute atomic E-state index is 12.8. The topological polar surface area (TPSA) is 116 Å². The van der Waals surface area contributed by atoms with Crippen molar-refractivity contribution in [1.29, 1.82) is 0 Å². The summed E-state index contributed by atoms with van der Waals surface area (Å²) in [6.07, 6.45) is -1.13. The molecule has 1 aliphatic rings. The van der Waals surface area contributed by atoms with Gasteiger partial charge in [0.15, 0.2) is 6.10 Å². The third kappa shape index (κ3) is 5.61. The first-order valence-corrected chi connectivity index (χ1v) is 10.9. The molecule has 1 aliphatic heterocycles. The SMILES string of the molecule is COc1cc([N+](=O)[O-])ccc1N1C[C@@H](C(=O)O[C@@H](CCCl)C(=O)c2ccc(Cl)cc2)CC1=O. The van der Waals surface area contributed by atoms with Crippen LogP contribution < -0.4 is 9.64 Å². The molecular formula is C22H20Cl2N2O7. The predicted molar refractivity (Wildman–Crippen MR) is 121 cm³/mol. The van der Waals surface area contributed by atoms with Crippen molar-refractivity contribution in [3.05, 3.63) is 63.2 Å². The van der Waals surface area contributed by atoms with E-state index in [1.807, 2.05) is 0 Å². The van der Waals surface area contributed by atoms with E-state index in [9.17, 15) is 24.5 Å². The normalized spacial score (nSPS) is 16.4. The maximum Gasteiger partial charge on any atom is 0.312 e. The molecule has 11 heteroatoms. The second kappa shape index (κ2) is 10.6. The van der Waals surface area contributed by atoms with Gasteiger partial charge in [0.25, 0.3) is 5.69 Å². The minimum atomic E-state index is -1.10. The fourth-order valence-electron chi connectivity index (χ4n) is 3.48. The molecule has 1 fully saturated rings. The number of carbonyl (C=O) groups is 3. The van der Waals surface area contributed by atoms with Gasteiger partial charge in [-0.25, -0.2) is 0 Å². The summed E-state index contributed by atoms with van der Waals surface area (Å²) in [5.41, 5.74) is 0.433. The predicted octanol–water partition coefficient (Wildman–Crippen LogP) is 4.03. The Labute approximate surface area is 199 Å². The van der Waals surface area contributed by atoms with Gasteiger partial charge in [0.05, 0.1) is 29.7 Å². The van der Waals surface area contributed by atoms with Crippen molar-refractivity contribution < 1.29 is 28.8 Å². The van der Waals surface area contributed by atoms with Crippen molar-refractivity contribution >= 4 is 52.2 Å². The van der Waals surface area contributed by atoms with Crippen LogP contribution in [0, 0.1) is 16.0 Å². The number of benzene rings is 2. The number of non-ortho nitro benzene ring substituents is 1. The van der Waals surface area contributed by atoms with Crippen LogP contribution in [-0.4, -0.2) is 48.2 Å². The largest absolute Gasteiger partial charge is 0.494 e. The highest BCUT2D eigenvalue weighted by Gasteiger charge is 2.39. The van der Waals surface area contributed by atoms with Gasteiger partial charge < -0.3 is 14.4 Å². The monoisotopic (exact) mass is 494 g/mol. The first-order valence-electron chi connectivity index (χ1n) is 9.94. The zero-order valence-corrected chi connectivity index (χ0v) is 19.0. The first kappa shape index (κ1) is 24.5. The zero-order chi connectivity index (χ0) is 24.1. The molecule has 3 rings (SSSR count). The fraction of sp³-hybridized carbons (Fsp3) is 0.318. The van der Waals surface area contributed by atoms with Crippen molar-refractivity contribution in [2.75, 3.05) is 24.4 Å². The van der Waals surface area contributed by atoms with Gasteiger partial charge in [0, 0.05) is 41.9 Å². The zero-order valence-electron chi connectivity index (χ0n) is 17.5. The molecule has 1 heterocycles. The Kier molecular flexibility index (Phi) is 7.88. The van der Waals surface area contributed by atoms with Gasteiger partial charge in [0.1, 0.15) is 5.75 Å². The summed E-state index contributed by atoms with van der Waals surface area (Å²) >= 11 is 11.7. The molecule has 174 valence electrons. The number of Topliss-reactive ketones (excluding diaryl/α,β-unsaturated/α-hetero) is 1. The number of ether oxygens (including phenoxy) is 2. The lowest BCUT2D eigenvalue weighted by Gasteiger charge is -2.20. The average molecular weight is 495 g/mol. The summed E-state index contributed by atoms with van der Waals surface area (Å²) in [6, 6.07) is 10.0. The number of hydrogen-bond acceptors (Lipinski definition) is 7. The number of nitro benzene ring substituents is 1. The third-order valence-corrected chi connectivity index (χ3v) is 5.64. The molecule has 0 aromatic heterocycles. The number of nitro groups is 1. The fourth-order valence-corrected chi connectivity index (χ4v) is 3.80. The second-order valence-electron chi connectivity index (χ2n) is 7.29. The molecule has 2 atom stereocenters. The molecule has 1 amide bonds. The summed E-state index contributed by atoms with van der Waals surface area (Å²) in [6.45, 7) is -0.0193. The Morgan fingerprint density at radius 2 is 1.94 bits per heavy atom. The molecule has 2 aromatic rings. The maximum atomic E-state index is 12.8. The van der Waals surface area contributed by atoms with Crippen molar-refractivity contribution in [3.63, 3.8) is 0 Å². The number of alkyl halides is 1. The van der Waals surface area contributed by atoms with E-state index >= 15 is 0 Å². The van der Waals surface area contributed by atoms with Gasteiger partial charge in [-0.2, -0.15) is 0 Å². The van der Waals surface area contributed by atoms with Crippen LogP contribution in [0.5, 0.6) is 5.75 Å². The summed E-state index contributed by atoms with van der Waals surface area (Å²) in [5.74, 6) is -2.10. The Balaban J connectivity index is 1.74. The van der Waals surface area contributed by atoms with E-state index in [-0.39, 0.29) is 42.6 Å². The minimum Gasteiger partial charge on any atom is -0.494 e. The quantitative estimate of drug-likeness (QED) is 0.170. The lowest BCUT2D eigenvalue weighted by molar-refractivity contribution is -0.384. The third-order valence-electron chi connectivity index (χ3n) is 5.17.